The molecule has 1 aromatic heterocycles. The maximum atomic E-state index is 11.6. The van der Waals surface area contributed by atoms with Gasteiger partial charge in [-0.1, -0.05) is 0 Å². The monoisotopic (exact) mass is 231 g/mol. The summed E-state index contributed by atoms with van der Waals surface area (Å²) < 4.78 is 0. The predicted molar refractivity (Wildman–Crippen MR) is 60.7 cm³/mol. The van der Waals surface area contributed by atoms with Gasteiger partial charge in [0.05, 0.1) is 5.41 Å². The summed E-state index contributed by atoms with van der Waals surface area (Å²) >= 11 is 7.32. The molecule has 0 unspecified atom stereocenters. The van der Waals surface area contributed by atoms with Gasteiger partial charge in [-0.05, 0) is 36.2 Å². The van der Waals surface area contributed by atoms with Crippen molar-refractivity contribution in [2.24, 2.45) is 5.41 Å². The summed E-state index contributed by atoms with van der Waals surface area (Å²) in [6.07, 6.45) is 0. The number of thiophene rings is 1. The highest BCUT2D eigenvalue weighted by Gasteiger charge is 2.25. The lowest BCUT2D eigenvalue weighted by Crippen LogP contribution is -2.37. The Hall–Kier alpha value is -0.540. The highest BCUT2D eigenvalue weighted by molar-refractivity contribution is 7.07. The molecule has 0 saturated heterocycles. The molecule has 2 nitrogen and oxygen atoms in total. The lowest BCUT2D eigenvalue weighted by molar-refractivity contribution is -0.128. The van der Waals surface area contributed by atoms with Gasteiger partial charge in [-0.15, -0.1) is 11.6 Å². The van der Waals surface area contributed by atoms with Crippen molar-refractivity contribution in [2.75, 3.05) is 5.88 Å². The number of carbonyl (C=O) groups is 1. The standard InChI is InChI=1S/C10H14ClNOS/c1-10(2,7-11)9(13)12-5-8-3-4-14-6-8/h3-4,6H,5,7H2,1-2H3,(H,12,13). The van der Waals surface area contributed by atoms with Crippen LogP contribution in [0.5, 0.6) is 0 Å². The van der Waals surface area contributed by atoms with E-state index in [4.69, 9.17) is 11.6 Å². The smallest absolute Gasteiger partial charge is 0.227 e. The largest absolute Gasteiger partial charge is 0.351 e. The highest BCUT2D eigenvalue weighted by Crippen LogP contribution is 2.17. The lowest BCUT2D eigenvalue weighted by atomic mass is 9.95. The van der Waals surface area contributed by atoms with Crippen molar-refractivity contribution in [1.29, 1.82) is 0 Å². The van der Waals surface area contributed by atoms with Gasteiger partial charge < -0.3 is 5.32 Å². The Morgan fingerprint density at radius 2 is 2.36 bits per heavy atom. The van der Waals surface area contributed by atoms with E-state index in [1.807, 2.05) is 30.7 Å². The van der Waals surface area contributed by atoms with E-state index in [9.17, 15) is 4.79 Å². The average Bonchev–Trinajstić information content (AvgIpc) is 2.66. The molecule has 1 N–H and O–H groups in total. The number of amides is 1. The molecule has 1 amide bonds. The molecule has 0 saturated carbocycles. The van der Waals surface area contributed by atoms with E-state index in [0.717, 1.165) is 5.56 Å². The molecular formula is C10H14ClNOS. The molecule has 0 aromatic carbocycles. The number of hydrogen-bond acceptors (Lipinski definition) is 2. The number of hydrogen-bond donors (Lipinski definition) is 1. The third-order valence-corrected chi connectivity index (χ3v) is 3.38. The molecule has 0 atom stereocenters. The molecule has 14 heavy (non-hydrogen) atoms. The summed E-state index contributed by atoms with van der Waals surface area (Å²) in [5.41, 5.74) is 0.645. The molecule has 0 aliphatic heterocycles. The van der Waals surface area contributed by atoms with Crippen LogP contribution >= 0.6 is 22.9 Å². The summed E-state index contributed by atoms with van der Waals surface area (Å²) in [5.74, 6) is 0.335. The third-order valence-electron chi connectivity index (χ3n) is 1.98. The SMILES string of the molecule is CC(C)(CCl)C(=O)NCc1ccsc1. The quantitative estimate of drug-likeness (QED) is 0.794. The molecule has 0 radical (unpaired) electrons. The van der Waals surface area contributed by atoms with Crippen LogP contribution in [0.2, 0.25) is 0 Å². The van der Waals surface area contributed by atoms with Gasteiger partial charge in [0.1, 0.15) is 0 Å². The average molecular weight is 232 g/mol. The molecule has 0 fully saturated rings. The number of nitrogens with one attached hydrogen (secondary N) is 1. The maximum Gasteiger partial charge on any atom is 0.227 e. The van der Waals surface area contributed by atoms with Gasteiger partial charge in [-0.3, -0.25) is 4.79 Å². The Labute approximate surface area is 93.3 Å². The van der Waals surface area contributed by atoms with Crippen LogP contribution in [0.1, 0.15) is 19.4 Å². The van der Waals surface area contributed by atoms with E-state index in [1.165, 1.54) is 0 Å². The summed E-state index contributed by atoms with van der Waals surface area (Å²) in [4.78, 5) is 11.6. The van der Waals surface area contributed by atoms with Gasteiger partial charge in [0.2, 0.25) is 5.91 Å². The zero-order valence-corrected chi connectivity index (χ0v) is 9.91. The van der Waals surface area contributed by atoms with E-state index in [-0.39, 0.29) is 5.91 Å². The van der Waals surface area contributed by atoms with Crippen LogP contribution < -0.4 is 5.32 Å². The minimum absolute atomic E-state index is 0.00120. The second-order valence-electron chi connectivity index (χ2n) is 3.83. The van der Waals surface area contributed by atoms with Crippen molar-refractivity contribution < 1.29 is 4.79 Å². The molecule has 1 aromatic rings. The van der Waals surface area contributed by atoms with Crippen LogP contribution in [0.15, 0.2) is 16.8 Å². The molecule has 0 spiro atoms. The summed E-state index contributed by atoms with van der Waals surface area (Å²) in [7, 11) is 0. The van der Waals surface area contributed by atoms with E-state index >= 15 is 0 Å². The number of alkyl halides is 1. The van der Waals surface area contributed by atoms with Crippen LogP contribution in [-0.4, -0.2) is 11.8 Å². The second kappa shape index (κ2) is 4.80. The zero-order chi connectivity index (χ0) is 10.6. The molecule has 0 bridgehead atoms. The highest BCUT2D eigenvalue weighted by atomic mass is 35.5. The first-order chi connectivity index (χ1) is 6.56. The first kappa shape index (κ1) is 11.5. The van der Waals surface area contributed by atoms with Gasteiger partial charge >= 0.3 is 0 Å². The Kier molecular flexibility index (Phi) is 3.96. The topological polar surface area (TPSA) is 29.1 Å². The molecule has 0 aliphatic carbocycles. The molecule has 78 valence electrons. The predicted octanol–water partition coefficient (Wildman–Crippen LogP) is 2.63. The van der Waals surface area contributed by atoms with E-state index in [1.54, 1.807) is 11.3 Å². The fourth-order valence-corrected chi connectivity index (χ4v) is 1.67. The van der Waals surface area contributed by atoms with Crippen molar-refractivity contribution in [3.63, 3.8) is 0 Å². The van der Waals surface area contributed by atoms with Crippen LogP contribution in [0.3, 0.4) is 0 Å². The first-order valence-electron chi connectivity index (χ1n) is 4.41. The van der Waals surface area contributed by atoms with Crippen molar-refractivity contribution in [2.45, 2.75) is 20.4 Å². The van der Waals surface area contributed by atoms with Gasteiger partial charge in [0.25, 0.3) is 0 Å². The van der Waals surface area contributed by atoms with Crippen molar-refractivity contribution in [3.8, 4) is 0 Å². The number of rotatable bonds is 4. The zero-order valence-electron chi connectivity index (χ0n) is 8.34. The van der Waals surface area contributed by atoms with Crippen molar-refractivity contribution in [1.82, 2.24) is 5.32 Å². The number of carbonyl (C=O) groups excluding carboxylic acids is 1. The second-order valence-corrected chi connectivity index (χ2v) is 4.88. The Morgan fingerprint density at radius 1 is 1.64 bits per heavy atom. The van der Waals surface area contributed by atoms with Gasteiger partial charge in [0.15, 0.2) is 0 Å². The summed E-state index contributed by atoms with van der Waals surface area (Å²) in [6.45, 7) is 4.26. The minimum atomic E-state index is -0.489. The van der Waals surface area contributed by atoms with Crippen LogP contribution in [0.25, 0.3) is 0 Å². The summed E-state index contributed by atoms with van der Waals surface area (Å²) in [6, 6.07) is 2.00. The molecule has 0 aliphatic rings. The van der Waals surface area contributed by atoms with Crippen molar-refractivity contribution >= 4 is 28.8 Å². The van der Waals surface area contributed by atoms with Gasteiger partial charge in [-0.2, -0.15) is 11.3 Å². The first-order valence-corrected chi connectivity index (χ1v) is 5.89. The molecule has 1 heterocycles. The fraction of sp³-hybridized carbons (Fsp3) is 0.500. The third kappa shape index (κ3) is 3.00. The van der Waals surface area contributed by atoms with Crippen LogP contribution in [0.4, 0.5) is 0 Å². The van der Waals surface area contributed by atoms with Crippen LogP contribution in [-0.2, 0) is 11.3 Å². The van der Waals surface area contributed by atoms with E-state index in [0.29, 0.717) is 12.4 Å². The Balaban J connectivity index is 2.43. The Bertz CT molecular complexity index is 295. The minimum Gasteiger partial charge on any atom is -0.351 e. The molecule has 4 heteroatoms. The van der Waals surface area contributed by atoms with E-state index in [2.05, 4.69) is 5.32 Å². The molecular weight excluding hydrogens is 218 g/mol. The maximum absolute atomic E-state index is 11.6. The van der Waals surface area contributed by atoms with Gasteiger partial charge in [-0.25, -0.2) is 0 Å². The fourth-order valence-electron chi connectivity index (χ4n) is 0.876. The normalized spacial score (nSPS) is 11.4. The van der Waals surface area contributed by atoms with Crippen LogP contribution in [0, 0.1) is 5.41 Å². The summed E-state index contributed by atoms with van der Waals surface area (Å²) in [5, 5.41) is 6.88. The lowest BCUT2D eigenvalue weighted by Gasteiger charge is -2.19. The number of halogens is 1. The Morgan fingerprint density at radius 3 is 2.86 bits per heavy atom. The molecule has 1 rings (SSSR count). The van der Waals surface area contributed by atoms with E-state index < -0.39 is 5.41 Å². The van der Waals surface area contributed by atoms with Crippen molar-refractivity contribution in [3.05, 3.63) is 22.4 Å². The van der Waals surface area contributed by atoms with Gasteiger partial charge in [0, 0.05) is 12.4 Å².